The molecule has 0 atom stereocenters. The topological polar surface area (TPSA) is 37.5 Å². The number of imidazole rings is 1. The molecule has 0 saturated carbocycles. The summed E-state index contributed by atoms with van der Waals surface area (Å²) in [5.41, 5.74) is 0.569. The van der Waals surface area contributed by atoms with Gasteiger partial charge in [-0.1, -0.05) is 0 Å². The van der Waals surface area contributed by atoms with Crippen LogP contribution in [0.25, 0.3) is 5.65 Å². The van der Waals surface area contributed by atoms with Crippen LogP contribution in [0, 0.1) is 0 Å². The fourth-order valence-corrected chi connectivity index (χ4v) is 1.35. The monoisotopic (exact) mass is 212 g/mol. The van der Waals surface area contributed by atoms with Crippen molar-refractivity contribution in [2.24, 2.45) is 0 Å². The Kier molecular flexibility index (Phi) is 1.35. The van der Waals surface area contributed by atoms with Crippen molar-refractivity contribution < 1.29 is 5.11 Å². The van der Waals surface area contributed by atoms with Gasteiger partial charge in [0.15, 0.2) is 11.4 Å². The number of hydrogen-bond donors (Lipinski definition) is 1. The van der Waals surface area contributed by atoms with Crippen LogP contribution in [0.4, 0.5) is 0 Å². The summed E-state index contributed by atoms with van der Waals surface area (Å²) in [5, 5.41) is 9.28. The highest BCUT2D eigenvalue weighted by Gasteiger charge is 2.02. The summed E-state index contributed by atoms with van der Waals surface area (Å²) in [6, 6.07) is 3.36. The summed E-state index contributed by atoms with van der Waals surface area (Å²) >= 11 is 3.29. The molecule has 1 N–H and O–H groups in total. The van der Waals surface area contributed by atoms with Crippen molar-refractivity contribution in [3.8, 4) is 5.75 Å². The second kappa shape index (κ2) is 2.23. The van der Waals surface area contributed by atoms with Crippen molar-refractivity contribution in [3.63, 3.8) is 0 Å². The third-order valence-corrected chi connectivity index (χ3v) is 2.06. The second-order valence-electron chi connectivity index (χ2n) is 2.17. The molecule has 0 amide bonds. The van der Waals surface area contributed by atoms with E-state index in [1.807, 2.05) is 6.20 Å². The van der Waals surface area contributed by atoms with Gasteiger partial charge in [-0.2, -0.15) is 0 Å². The van der Waals surface area contributed by atoms with Crippen LogP contribution in [-0.2, 0) is 0 Å². The van der Waals surface area contributed by atoms with E-state index in [1.54, 1.807) is 22.7 Å². The summed E-state index contributed by atoms with van der Waals surface area (Å²) in [4.78, 5) is 3.98. The van der Waals surface area contributed by atoms with E-state index in [4.69, 9.17) is 0 Å². The minimum atomic E-state index is 0.193. The first kappa shape index (κ1) is 6.67. The quantitative estimate of drug-likeness (QED) is 0.724. The molecule has 0 aliphatic carbocycles. The zero-order valence-electron chi connectivity index (χ0n) is 5.53. The minimum Gasteiger partial charge on any atom is -0.504 e. The van der Waals surface area contributed by atoms with Crippen LogP contribution in [0.15, 0.2) is 29.1 Å². The Bertz CT molecular complexity index is 396. The van der Waals surface area contributed by atoms with Gasteiger partial charge < -0.3 is 5.11 Å². The summed E-state index contributed by atoms with van der Waals surface area (Å²) < 4.78 is 2.60. The lowest BCUT2D eigenvalue weighted by atomic mass is 10.4. The standard InChI is InChI=1S/C7H5BrN2O/c8-6-4-9-7-5(11)2-1-3-10(6)7/h1-4,11H. The predicted molar refractivity (Wildman–Crippen MR) is 44.6 cm³/mol. The molecule has 0 bridgehead atoms. The molecule has 0 unspecified atom stereocenters. The molecular weight excluding hydrogens is 208 g/mol. The maximum absolute atomic E-state index is 9.28. The van der Waals surface area contributed by atoms with E-state index in [0.717, 1.165) is 4.60 Å². The van der Waals surface area contributed by atoms with Gasteiger partial charge in [0.25, 0.3) is 0 Å². The summed E-state index contributed by atoms with van der Waals surface area (Å²) in [6.45, 7) is 0. The Hall–Kier alpha value is -1.03. The van der Waals surface area contributed by atoms with E-state index in [1.165, 1.54) is 0 Å². The largest absolute Gasteiger partial charge is 0.504 e. The SMILES string of the molecule is Oc1cccn2c(Br)cnc12. The number of fused-ring (bicyclic) bond motifs is 1. The molecule has 2 rings (SSSR count). The molecule has 3 nitrogen and oxygen atoms in total. The predicted octanol–water partition coefficient (Wildman–Crippen LogP) is 1.80. The summed E-state index contributed by atoms with van der Waals surface area (Å²) in [6.07, 6.45) is 3.47. The Morgan fingerprint density at radius 2 is 2.36 bits per heavy atom. The van der Waals surface area contributed by atoms with E-state index in [2.05, 4.69) is 20.9 Å². The molecule has 0 saturated heterocycles. The van der Waals surface area contributed by atoms with Gasteiger partial charge in [-0.25, -0.2) is 4.98 Å². The molecule has 0 aromatic carbocycles. The van der Waals surface area contributed by atoms with Crippen LogP contribution < -0.4 is 0 Å². The molecule has 11 heavy (non-hydrogen) atoms. The molecule has 56 valence electrons. The third kappa shape index (κ3) is 0.903. The average molecular weight is 213 g/mol. The van der Waals surface area contributed by atoms with E-state index >= 15 is 0 Å². The van der Waals surface area contributed by atoms with E-state index in [9.17, 15) is 5.11 Å². The zero-order chi connectivity index (χ0) is 7.84. The maximum Gasteiger partial charge on any atom is 0.180 e. The lowest BCUT2D eigenvalue weighted by molar-refractivity contribution is 0.477. The minimum absolute atomic E-state index is 0.193. The number of halogens is 1. The maximum atomic E-state index is 9.28. The Labute approximate surface area is 71.4 Å². The average Bonchev–Trinajstić information content (AvgIpc) is 2.35. The van der Waals surface area contributed by atoms with Gasteiger partial charge >= 0.3 is 0 Å². The lowest BCUT2D eigenvalue weighted by Gasteiger charge is -1.95. The van der Waals surface area contributed by atoms with Crippen molar-refractivity contribution in [1.29, 1.82) is 0 Å². The molecule has 4 heteroatoms. The van der Waals surface area contributed by atoms with Gasteiger partial charge in [-0.05, 0) is 28.1 Å². The Morgan fingerprint density at radius 1 is 1.55 bits per heavy atom. The normalized spacial score (nSPS) is 10.6. The van der Waals surface area contributed by atoms with Gasteiger partial charge in [-0.15, -0.1) is 0 Å². The number of hydrogen-bond acceptors (Lipinski definition) is 2. The fraction of sp³-hybridized carbons (Fsp3) is 0. The second-order valence-corrected chi connectivity index (χ2v) is 2.98. The number of aromatic hydroxyl groups is 1. The molecule has 2 heterocycles. The van der Waals surface area contributed by atoms with Crippen LogP contribution in [-0.4, -0.2) is 14.5 Å². The highest BCUT2D eigenvalue weighted by Crippen LogP contribution is 2.19. The first-order valence-electron chi connectivity index (χ1n) is 3.09. The van der Waals surface area contributed by atoms with Gasteiger partial charge in [0.1, 0.15) is 4.60 Å². The van der Waals surface area contributed by atoms with Crippen molar-refractivity contribution in [3.05, 3.63) is 29.1 Å². The van der Waals surface area contributed by atoms with E-state index in [0.29, 0.717) is 5.65 Å². The molecular formula is C7H5BrN2O. The van der Waals surface area contributed by atoms with Gasteiger partial charge in [0.2, 0.25) is 0 Å². The number of rotatable bonds is 0. The highest BCUT2D eigenvalue weighted by atomic mass is 79.9. The van der Waals surface area contributed by atoms with Crippen LogP contribution in [0.2, 0.25) is 0 Å². The zero-order valence-corrected chi connectivity index (χ0v) is 7.12. The molecule has 2 aromatic heterocycles. The van der Waals surface area contributed by atoms with Crippen molar-refractivity contribution in [1.82, 2.24) is 9.38 Å². The molecule has 0 fully saturated rings. The molecule has 0 aliphatic rings. The Morgan fingerprint density at radius 3 is 3.09 bits per heavy atom. The third-order valence-electron chi connectivity index (χ3n) is 1.47. The summed E-state index contributed by atoms with van der Waals surface area (Å²) in [7, 11) is 0. The van der Waals surface area contributed by atoms with Gasteiger partial charge in [0.05, 0.1) is 6.20 Å². The molecule has 0 aliphatic heterocycles. The summed E-state index contributed by atoms with van der Waals surface area (Å²) in [5.74, 6) is 0.193. The number of aromatic nitrogens is 2. The number of pyridine rings is 1. The van der Waals surface area contributed by atoms with Crippen molar-refractivity contribution in [2.45, 2.75) is 0 Å². The van der Waals surface area contributed by atoms with Gasteiger partial charge in [0, 0.05) is 6.20 Å². The Balaban J connectivity index is 2.94. The van der Waals surface area contributed by atoms with Gasteiger partial charge in [-0.3, -0.25) is 4.40 Å². The van der Waals surface area contributed by atoms with Crippen LogP contribution in [0.3, 0.4) is 0 Å². The smallest absolute Gasteiger partial charge is 0.180 e. The van der Waals surface area contributed by atoms with Crippen LogP contribution in [0.5, 0.6) is 5.75 Å². The first-order valence-corrected chi connectivity index (χ1v) is 3.89. The fourth-order valence-electron chi connectivity index (χ4n) is 0.966. The van der Waals surface area contributed by atoms with E-state index < -0.39 is 0 Å². The van der Waals surface area contributed by atoms with Crippen molar-refractivity contribution in [2.75, 3.05) is 0 Å². The molecule has 2 aromatic rings. The highest BCUT2D eigenvalue weighted by molar-refractivity contribution is 9.10. The molecule has 0 radical (unpaired) electrons. The van der Waals surface area contributed by atoms with Crippen molar-refractivity contribution >= 4 is 21.6 Å². The van der Waals surface area contributed by atoms with E-state index in [-0.39, 0.29) is 5.75 Å². The van der Waals surface area contributed by atoms with Crippen LogP contribution >= 0.6 is 15.9 Å². The number of nitrogens with zero attached hydrogens (tertiary/aromatic N) is 2. The first-order chi connectivity index (χ1) is 5.29. The van der Waals surface area contributed by atoms with Crippen LogP contribution in [0.1, 0.15) is 0 Å². The lowest BCUT2D eigenvalue weighted by Crippen LogP contribution is -1.82. The molecule has 0 spiro atoms.